The molecule has 1 aromatic heterocycles. The molecule has 0 saturated carbocycles. The number of pyridine rings is 1. The van der Waals surface area contributed by atoms with Crippen molar-refractivity contribution in [3.8, 4) is 0 Å². The first-order valence-corrected chi connectivity index (χ1v) is 9.05. The van der Waals surface area contributed by atoms with Crippen molar-refractivity contribution in [3.05, 3.63) is 29.6 Å². The molecule has 0 aromatic carbocycles. The van der Waals surface area contributed by atoms with Gasteiger partial charge in [0, 0.05) is 37.8 Å². The second-order valence-corrected chi connectivity index (χ2v) is 7.53. The van der Waals surface area contributed by atoms with E-state index in [2.05, 4.69) is 22.0 Å². The molecule has 5 heteroatoms. The number of amides is 1. The summed E-state index contributed by atoms with van der Waals surface area (Å²) in [6, 6.07) is 6.18. The van der Waals surface area contributed by atoms with Gasteiger partial charge in [-0.2, -0.15) is 0 Å². The van der Waals surface area contributed by atoms with Crippen molar-refractivity contribution in [2.75, 3.05) is 32.8 Å². The lowest BCUT2D eigenvalue weighted by Gasteiger charge is -2.48. The number of hydrogen-bond acceptors (Lipinski definition) is 4. The SMILES string of the molecule is Cc1cccc(CN2CCOC3(CCCN(C(=O)C(C)C)C3)C2)n1. The predicted octanol–water partition coefficient (Wildman–Crippen LogP) is 2.24. The van der Waals surface area contributed by atoms with Gasteiger partial charge in [-0.25, -0.2) is 0 Å². The molecule has 0 N–H and O–H groups in total. The van der Waals surface area contributed by atoms with Gasteiger partial charge in [-0.05, 0) is 31.9 Å². The third kappa shape index (κ3) is 3.95. The summed E-state index contributed by atoms with van der Waals surface area (Å²) in [6.07, 6.45) is 2.06. The fourth-order valence-electron chi connectivity index (χ4n) is 3.87. The molecule has 5 nitrogen and oxygen atoms in total. The molecular formula is C19H29N3O2. The minimum absolute atomic E-state index is 0.0522. The molecule has 2 fully saturated rings. The molecule has 0 aliphatic carbocycles. The second kappa shape index (κ2) is 7.19. The van der Waals surface area contributed by atoms with Crippen LogP contribution in [0.25, 0.3) is 0 Å². The topological polar surface area (TPSA) is 45.7 Å². The highest BCUT2D eigenvalue weighted by Gasteiger charge is 2.42. The number of aromatic nitrogens is 1. The summed E-state index contributed by atoms with van der Waals surface area (Å²) in [5.74, 6) is 0.298. The van der Waals surface area contributed by atoms with Gasteiger partial charge in [-0.15, -0.1) is 0 Å². The summed E-state index contributed by atoms with van der Waals surface area (Å²) >= 11 is 0. The van der Waals surface area contributed by atoms with Gasteiger partial charge in [0.25, 0.3) is 0 Å². The van der Waals surface area contributed by atoms with E-state index in [4.69, 9.17) is 4.74 Å². The maximum Gasteiger partial charge on any atom is 0.225 e. The van der Waals surface area contributed by atoms with Crippen molar-refractivity contribution < 1.29 is 9.53 Å². The van der Waals surface area contributed by atoms with Gasteiger partial charge in [-0.1, -0.05) is 19.9 Å². The number of carbonyl (C=O) groups excluding carboxylic acids is 1. The van der Waals surface area contributed by atoms with Crippen LogP contribution in [0.5, 0.6) is 0 Å². The highest BCUT2D eigenvalue weighted by atomic mass is 16.5. The number of nitrogens with zero attached hydrogens (tertiary/aromatic N) is 3. The lowest BCUT2D eigenvalue weighted by Crippen LogP contribution is -2.60. The average molecular weight is 331 g/mol. The minimum atomic E-state index is -0.203. The Kier molecular flexibility index (Phi) is 5.21. The molecule has 1 unspecified atom stereocenters. The number of morpholine rings is 1. The summed E-state index contributed by atoms with van der Waals surface area (Å²) in [7, 11) is 0. The van der Waals surface area contributed by atoms with Crippen LogP contribution in [-0.4, -0.2) is 59.1 Å². The van der Waals surface area contributed by atoms with E-state index in [0.717, 1.165) is 63.6 Å². The number of aryl methyl sites for hydroxylation is 1. The van der Waals surface area contributed by atoms with Gasteiger partial charge < -0.3 is 9.64 Å². The Morgan fingerprint density at radius 2 is 2.17 bits per heavy atom. The van der Waals surface area contributed by atoms with E-state index in [-0.39, 0.29) is 17.4 Å². The monoisotopic (exact) mass is 331 g/mol. The van der Waals surface area contributed by atoms with Crippen LogP contribution in [0.1, 0.15) is 38.1 Å². The zero-order valence-corrected chi connectivity index (χ0v) is 15.1. The van der Waals surface area contributed by atoms with Crippen molar-refractivity contribution >= 4 is 5.91 Å². The molecule has 2 aliphatic rings. The van der Waals surface area contributed by atoms with E-state index < -0.39 is 0 Å². The molecule has 132 valence electrons. The summed E-state index contributed by atoms with van der Waals surface area (Å²) in [5, 5.41) is 0. The van der Waals surface area contributed by atoms with E-state index in [0.29, 0.717) is 0 Å². The van der Waals surface area contributed by atoms with Crippen LogP contribution in [0.2, 0.25) is 0 Å². The lowest BCUT2D eigenvalue weighted by molar-refractivity contribution is -0.160. The number of rotatable bonds is 3. The number of ether oxygens (including phenoxy) is 1. The molecule has 1 spiro atoms. The Balaban J connectivity index is 1.66. The second-order valence-electron chi connectivity index (χ2n) is 7.53. The minimum Gasteiger partial charge on any atom is -0.370 e. The third-order valence-electron chi connectivity index (χ3n) is 5.00. The van der Waals surface area contributed by atoms with Gasteiger partial charge in [0.1, 0.15) is 0 Å². The first kappa shape index (κ1) is 17.4. The van der Waals surface area contributed by atoms with Crippen LogP contribution in [0.4, 0.5) is 0 Å². The Hall–Kier alpha value is -1.46. The van der Waals surface area contributed by atoms with Crippen LogP contribution in [0, 0.1) is 12.8 Å². The van der Waals surface area contributed by atoms with Crippen LogP contribution >= 0.6 is 0 Å². The fourth-order valence-corrected chi connectivity index (χ4v) is 3.87. The first-order chi connectivity index (χ1) is 11.5. The highest BCUT2D eigenvalue weighted by molar-refractivity contribution is 5.78. The zero-order valence-electron chi connectivity index (χ0n) is 15.1. The van der Waals surface area contributed by atoms with Crippen molar-refractivity contribution in [2.45, 2.75) is 45.8 Å². The van der Waals surface area contributed by atoms with E-state index in [1.54, 1.807) is 0 Å². The van der Waals surface area contributed by atoms with Gasteiger partial charge in [-0.3, -0.25) is 14.7 Å². The smallest absolute Gasteiger partial charge is 0.225 e. The highest BCUT2D eigenvalue weighted by Crippen LogP contribution is 2.30. The van der Waals surface area contributed by atoms with Crippen molar-refractivity contribution in [2.24, 2.45) is 5.92 Å². The zero-order chi connectivity index (χ0) is 17.2. The van der Waals surface area contributed by atoms with E-state index in [9.17, 15) is 4.79 Å². The molecular weight excluding hydrogens is 302 g/mol. The van der Waals surface area contributed by atoms with Crippen molar-refractivity contribution in [3.63, 3.8) is 0 Å². The van der Waals surface area contributed by atoms with Crippen LogP contribution in [-0.2, 0) is 16.1 Å². The maximum absolute atomic E-state index is 12.4. The third-order valence-corrected chi connectivity index (χ3v) is 5.00. The average Bonchev–Trinajstić information content (AvgIpc) is 2.54. The molecule has 1 amide bonds. The molecule has 1 atom stereocenters. The molecule has 3 heterocycles. The van der Waals surface area contributed by atoms with Gasteiger partial charge in [0.05, 0.1) is 24.4 Å². The van der Waals surface area contributed by atoms with Gasteiger partial charge >= 0.3 is 0 Å². The lowest BCUT2D eigenvalue weighted by atomic mass is 9.90. The Morgan fingerprint density at radius 1 is 1.33 bits per heavy atom. The Bertz CT molecular complexity index is 586. The van der Waals surface area contributed by atoms with Crippen LogP contribution < -0.4 is 0 Å². The van der Waals surface area contributed by atoms with Crippen molar-refractivity contribution in [1.29, 1.82) is 0 Å². The van der Waals surface area contributed by atoms with Gasteiger partial charge in [0.15, 0.2) is 0 Å². The quantitative estimate of drug-likeness (QED) is 0.852. The molecule has 3 rings (SSSR count). The molecule has 1 aromatic rings. The normalized spacial score (nSPS) is 25.4. The number of piperidine rings is 1. The fraction of sp³-hybridized carbons (Fsp3) is 0.684. The van der Waals surface area contributed by atoms with E-state index in [1.807, 2.05) is 31.7 Å². The molecule has 24 heavy (non-hydrogen) atoms. The maximum atomic E-state index is 12.4. The summed E-state index contributed by atoms with van der Waals surface area (Å²) in [4.78, 5) is 21.4. The Labute approximate surface area is 145 Å². The largest absolute Gasteiger partial charge is 0.370 e. The number of hydrogen-bond donors (Lipinski definition) is 0. The number of carbonyl (C=O) groups is 1. The summed E-state index contributed by atoms with van der Waals surface area (Å²) < 4.78 is 6.20. The van der Waals surface area contributed by atoms with Crippen LogP contribution in [0.3, 0.4) is 0 Å². The molecule has 0 bridgehead atoms. The van der Waals surface area contributed by atoms with E-state index in [1.165, 1.54) is 0 Å². The summed E-state index contributed by atoms with van der Waals surface area (Å²) in [5.41, 5.74) is 1.96. The number of likely N-dealkylation sites (tertiary alicyclic amines) is 1. The van der Waals surface area contributed by atoms with Crippen LogP contribution in [0.15, 0.2) is 18.2 Å². The summed E-state index contributed by atoms with van der Waals surface area (Å²) in [6.45, 7) is 11.0. The molecule has 2 aliphatic heterocycles. The molecule has 0 radical (unpaired) electrons. The van der Waals surface area contributed by atoms with Gasteiger partial charge in [0.2, 0.25) is 5.91 Å². The standard InChI is InChI=1S/C19H29N3O2/c1-15(2)18(23)22-9-5-8-19(14-22)13-21(10-11-24-19)12-17-7-4-6-16(3)20-17/h4,6-7,15H,5,8-14H2,1-3H3. The van der Waals surface area contributed by atoms with Crippen molar-refractivity contribution in [1.82, 2.24) is 14.8 Å². The van der Waals surface area contributed by atoms with E-state index >= 15 is 0 Å². The predicted molar refractivity (Wildman–Crippen MR) is 93.6 cm³/mol. The first-order valence-electron chi connectivity index (χ1n) is 9.05. The molecule has 2 saturated heterocycles. The Morgan fingerprint density at radius 3 is 2.92 bits per heavy atom.